The van der Waals surface area contributed by atoms with E-state index in [9.17, 15) is 0 Å². The average molecular weight is 389 g/mol. The number of rotatable bonds is 6. The van der Waals surface area contributed by atoms with E-state index in [1.807, 2.05) is 31.2 Å². The summed E-state index contributed by atoms with van der Waals surface area (Å²) in [7, 11) is 3.24. The van der Waals surface area contributed by atoms with Crippen LogP contribution in [0.5, 0.6) is 11.5 Å². The molecule has 6 heteroatoms. The standard InChI is InChI=1S/C23H23N3O3/c1-14(16-6-5-7-17(10-16)18-8-9-29-13-18)24-23-19-11-21(27-3)22(28-4)12-20(19)25-15(2)26-23/h5-14H,1-4H3,(H,24,25,26). The lowest BCUT2D eigenvalue weighted by atomic mass is 10.0. The summed E-state index contributed by atoms with van der Waals surface area (Å²) >= 11 is 0. The summed E-state index contributed by atoms with van der Waals surface area (Å²) in [4.78, 5) is 9.19. The summed E-state index contributed by atoms with van der Waals surface area (Å²) < 4.78 is 16.1. The van der Waals surface area contributed by atoms with Crippen LogP contribution in [0.1, 0.15) is 24.4 Å². The van der Waals surface area contributed by atoms with Crippen LogP contribution in [-0.4, -0.2) is 24.2 Å². The highest BCUT2D eigenvalue weighted by Crippen LogP contribution is 2.35. The number of furan rings is 1. The summed E-state index contributed by atoms with van der Waals surface area (Å²) in [5.74, 6) is 2.73. The van der Waals surface area contributed by atoms with E-state index >= 15 is 0 Å². The number of aromatic nitrogens is 2. The maximum atomic E-state index is 5.46. The number of nitrogens with one attached hydrogen (secondary N) is 1. The van der Waals surface area contributed by atoms with Gasteiger partial charge < -0.3 is 19.2 Å². The molecule has 2 aromatic carbocycles. The third kappa shape index (κ3) is 3.74. The van der Waals surface area contributed by atoms with Crippen LogP contribution in [0.25, 0.3) is 22.0 Å². The topological polar surface area (TPSA) is 69.4 Å². The van der Waals surface area contributed by atoms with Crippen molar-refractivity contribution in [1.82, 2.24) is 9.97 Å². The first-order valence-corrected chi connectivity index (χ1v) is 9.38. The first-order chi connectivity index (χ1) is 14.1. The van der Waals surface area contributed by atoms with Gasteiger partial charge in [-0.05, 0) is 43.2 Å². The van der Waals surface area contributed by atoms with Gasteiger partial charge in [-0.15, -0.1) is 0 Å². The molecule has 0 aliphatic rings. The summed E-state index contributed by atoms with van der Waals surface area (Å²) in [6.45, 7) is 3.99. The second kappa shape index (κ2) is 7.83. The van der Waals surface area contributed by atoms with E-state index in [2.05, 4.69) is 40.4 Å². The number of nitrogens with zero attached hydrogens (tertiary/aromatic N) is 2. The van der Waals surface area contributed by atoms with Crippen molar-refractivity contribution in [3.05, 3.63) is 66.4 Å². The smallest absolute Gasteiger partial charge is 0.162 e. The zero-order chi connectivity index (χ0) is 20.4. The molecule has 0 aliphatic heterocycles. The largest absolute Gasteiger partial charge is 0.493 e. The quantitative estimate of drug-likeness (QED) is 0.477. The number of anilines is 1. The lowest BCUT2D eigenvalue weighted by molar-refractivity contribution is 0.356. The molecule has 6 nitrogen and oxygen atoms in total. The Kier molecular flexibility index (Phi) is 5.08. The molecule has 0 aliphatic carbocycles. The van der Waals surface area contributed by atoms with E-state index in [0.29, 0.717) is 17.3 Å². The molecule has 148 valence electrons. The SMILES string of the molecule is COc1cc2nc(C)nc(NC(C)c3cccc(-c4ccoc4)c3)c2cc1OC. The highest BCUT2D eigenvalue weighted by molar-refractivity contribution is 5.92. The molecule has 1 unspecified atom stereocenters. The first-order valence-electron chi connectivity index (χ1n) is 9.38. The molecule has 2 heterocycles. The number of hydrogen-bond acceptors (Lipinski definition) is 6. The Morgan fingerprint density at radius 1 is 0.966 bits per heavy atom. The van der Waals surface area contributed by atoms with Crippen molar-refractivity contribution in [3.63, 3.8) is 0 Å². The fourth-order valence-electron chi connectivity index (χ4n) is 3.39. The molecule has 4 rings (SSSR count). The number of methoxy groups -OCH3 is 2. The Bertz CT molecular complexity index is 1140. The Labute approximate surface area is 169 Å². The first kappa shape index (κ1) is 18.8. The van der Waals surface area contributed by atoms with Crippen LogP contribution in [0.3, 0.4) is 0 Å². The van der Waals surface area contributed by atoms with Gasteiger partial charge in [-0.25, -0.2) is 9.97 Å². The van der Waals surface area contributed by atoms with Gasteiger partial charge in [0.2, 0.25) is 0 Å². The molecule has 2 aromatic heterocycles. The van der Waals surface area contributed by atoms with Crippen molar-refractivity contribution in [3.8, 4) is 22.6 Å². The van der Waals surface area contributed by atoms with E-state index in [1.54, 1.807) is 26.7 Å². The van der Waals surface area contributed by atoms with Gasteiger partial charge in [0.15, 0.2) is 11.5 Å². The van der Waals surface area contributed by atoms with Crippen LogP contribution >= 0.6 is 0 Å². The molecule has 4 aromatic rings. The second-order valence-corrected chi connectivity index (χ2v) is 6.85. The van der Waals surface area contributed by atoms with Crippen LogP contribution in [0.15, 0.2) is 59.4 Å². The van der Waals surface area contributed by atoms with E-state index in [1.165, 1.54) is 0 Å². The maximum Gasteiger partial charge on any atom is 0.162 e. The Balaban J connectivity index is 1.71. The normalized spacial score (nSPS) is 12.0. The van der Waals surface area contributed by atoms with Gasteiger partial charge in [-0.2, -0.15) is 0 Å². The van der Waals surface area contributed by atoms with Gasteiger partial charge >= 0.3 is 0 Å². The molecule has 1 atom stereocenters. The fraction of sp³-hybridized carbons (Fsp3) is 0.217. The van der Waals surface area contributed by atoms with Gasteiger partial charge in [0.05, 0.1) is 32.3 Å². The zero-order valence-electron chi connectivity index (χ0n) is 16.9. The third-order valence-corrected chi connectivity index (χ3v) is 4.91. The van der Waals surface area contributed by atoms with Gasteiger partial charge in [-0.1, -0.05) is 18.2 Å². The molecule has 0 amide bonds. The van der Waals surface area contributed by atoms with Crippen molar-refractivity contribution in [2.75, 3.05) is 19.5 Å². The predicted molar refractivity (Wildman–Crippen MR) is 114 cm³/mol. The van der Waals surface area contributed by atoms with Crippen LogP contribution in [0, 0.1) is 6.92 Å². The van der Waals surface area contributed by atoms with Gasteiger partial charge in [0.25, 0.3) is 0 Å². The lowest BCUT2D eigenvalue weighted by Crippen LogP contribution is -2.10. The fourth-order valence-corrected chi connectivity index (χ4v) is 3.39. The number of aryl methyl sites for hydroxylation is 1. The van der Waals surface area contributed by atoms with Gasteiger partial charge in [-0.3, -0.25) is 0 Å². The summed E-state index contributed by atoms with van der Waals surface area (Å²) in [5, 5.41) is 4.41. The number of fused-ring (bicyclic) bond motifs is 1. The minimum Gasteiger partial charge on any atom is -0.493 e. The number of hydrogen-bond donors (Lipinski definition) is 1. The van der Waals surface area contributed by atoms with Crippen molar-refractivity contribution in [2.24, 2.45) is 0 Å². The number of benzene rings is 2. The van der Waals surface area contributed by atoms with Crippen LogP contribution in [0.4, 0.5) is 5.82 Å². The van der Waals surface area contributed by atoms with Crippen LogP contribution < -0.4 is 14.8 Å². The van der Waals surface area contributed by atoms with E-state index in [-0.39, 0.29) is 6.04 Å². The minimum absolute atomic E-state index is 0.0347. The van der Waals surface area contributed by atoms with Gasteiger partial charge in [0, 0.05) is 23.1 Å². The van der Waals surface area contributed by atoms with Gasteiger partial charge in [0.1, 0.15) is 11.6 Å². The molecule has 0 radical (unpaired) electrons. The van der Waals surface area contributed by atoms with Crippen molar-refractivity contribution in [2.45, 2.75) is 19.9 Å². The number of ether oxygens (including phenoxy) is 2. The molecule has 0 saturated heterocycles. The minimum atomic E-state index is 0.0347. The molecule has 29 heavy (non-hydrogen) atoms. The summed E-state index contributed by atoms with van der Waals surface area (Å²) in [6, 6.07) is 14.1. The lowest BCUT2D eigenvalue weighted by Gasteiger charge is -2.18. The van der Waals surface area contributed by atoms with Crippen LogP contribution in [0.2, 0.25) is 0 Å². The third-order valence-electron chi connectivity index (χ3n) is 4.91. The molecule has 1 N–H and O–H groups in total. The second-order valence-electron chi connectivity index (χ2n) is 6.85. The Hall–Kier alpha value is -3.54. The molecule has 0 spiro atoms. The van der Waals surface area contributed by atoms with Crippen LogP contribution in [-0.2, 0) is 0 Å². The summed E-state index contributed by atoms with van der Waals surface area (Å²) in [5.41, 5.74) is 4.12. The molecule has 0 saturated carbocycles. The molecular weight excluding hydrogens is 366 g/mol. The Morgan fingerprint density at radius 2 is 1.76 bits per heavy atom. The van der Waals surface area contributed by atoms with Crippen molar-refractivity contribution >= 4 is 16.7 Å². The highest BCUT2D eigenvalue weighted by atomic mass is 16.5. The predicted octanol–water partition coefficient (Wildman–Crippen LogP) is 5.39. The van der Waals surface area contributed by atoms with Crippen molar-refractivity contribution in [1.29, 1.82) is 0 Å². The van der Waals surface area contributed by atoms with E-state index in [0.717, 1.165) is 33.4 Å². The van der Waals surface area contributed by atoms with E-state index in [4.69, 9.17) is 13.9 Å². The molecule has 0 fully saturated rings. The zero-order valence-corrected chi connectivity index (χ0v) is 16.9. The monoisotopic (exact) mass is 389 g/mol. The average Bonchev–Trinajstić information content (AvgIpc) is 3.27. The molecular formula is C23H23N3O3. The van der Waals surface area contributed by atoms with Crippen molar-refractivity contribution < 1.29 is 13.9 Å². The molecule has 0 bridgehead atoms. The maximum absolute atomic E-state index is 5.46. The Morgan fingerprint density at radius 3 is 2.48 bits per heavy atom. The summed E-state index contributed by atoms with van der Waals surface area (Å²) in [6.07, 6.45) is 3.43. The highest BCUT2D eigenvalue weighted by Gasteiger charge is 2.15. The van der Waals surface area contributed by atoms with E-state index < -0.39 is 0 Å².